The number of carbonyl (C=O) groups excluding carboxylic acids is 1. The van der Waals surface area contributed by atoms with Crippen LogP contribution in [0.4, 0.5) is 5.82 Å². The number of fused-ring (bicyclic) bond motifs is 1. The van der Waals surface area contributed by atoms with E-state index in [1.807, 2.05) is 24.4 Å². The van der Waals surface area contributed by atoms with Crippen LogP contribution in [0.15, 0.2) is 65.2 Å². The molecule has 2 N–H and O–H groups in total. The number of aromatic carboxylic acids is 1. The number of aromatic nitrogens is 2. The first kappa shape index (κ1) is 26.6. The number of ether oxygens (including phenoxy) is 3. The predicted molar refractivity (Wildman–Crippen MR) is 155 cm³/mol. The molecule has 3 heterocycles. The zero-order chi connectivity index (χ0) is 28.8. The summed E-state index contributed by atoms with van der Waals surface area (Å²) in [5, 5.41) is 20.3. The van der Waals surface area contributed by atoms with Gasteiger partial charge in [-0.1, -0.05) is 18.2 Å². The van der Waals surface area contributed by atoms with Gasteiger partial charge in [0.1, 0.15) is 11.6 Å². The van der Waals surface area contributed by atoms with Gasteiger partial charge in [-0.05, 0) is 43.0 Å². The van der Waals surface area contributed by atoms with Crippen molar-refractivity contribution in [3.63, 3.8) is 0 Å². The first-order chi connectivity index (χ1) is 19.9. The zero-order valence-corrected chi connectivity index (χ0v) is 23.9. The summed E-state index contributed by atoms with van der Waals surface area (Å²) in [6.07, 6.45) is 1.01. The number of nitrogens with zero attached hydrogens (tertiary/aromatic N) is 2. The summed E-state index contributed by atoms with van der Waals surface area (Å²) in [6, 6.07) is 14.4. The fourth-order valence-corrected chi connectivity index (χ4v) is 6.83. The van der Waals surface area contributed by atoms with Crippen molar-refractivity contribution in [3.8, 4) is 22.9 Å². The van der Waals surface area contributed by atoms with Gasteiger partial charge in [-0.15, -0.1) is 11.3 Å². The monoisotopic (exact) mass is 571 g/mol. The maximum Gasteiger partial charge on any atom is 0.337 e. The van der Waals surface area contributed by atoms with Crippen LogP contribution >= 0.6 is 11.3 Å². The average molecular weight is 572 g/mol. The number of methoxy groups -OCH3 is 3. The van der Waals surface area contributed by atoms with Gasteiger partial charge in [0.05, 0.1) is 38.3 Å². The quantitative estimate of drug-likeness (QED) is 0.281. The molecule has 4 aromatic rings. The number of carboxylic acid groups (broad SMARTS) is 1. The molecule has 0 bridgehead atoms. The van der Waals surface area contributed by atoms with E-state index < -0.39 is 11.9 Å². The van der Waals surface area contributed by atoms with E-state index in [2.05, 4.69) is 11.4 Å². The number of thiophene rings is 1. The van der Waals surface area contributed by atoms with E-state index in [1.54, 1.807) is 67.7 Å². The topological polar surface area (TPSA) is 112 Å². The predicted octanol–water partition coefficient (Wildman–Crippen LogP) is 5.92. The number of aryl methyl sites for hydroxylation is 1. The Morgan fingerprint density at radius 1 is 1.02 bits per heavy atom. The van der Waals surface area contributed by atoms with Crippen molar-refractivity contribution in [1.29, 1.82) is 0 Å². The number of ketones is 1. The van der Waals surface area contributed by atoms with Crippen molar-refractivity contribution in [2.45, 2.75) is 31.6 Å². The minimum absolute atomic E-state index is 0.0343. The lowest BCUT2D eigenvalue weighted by Crippen LogP contribution is -2.30. The molecular formula is C31H29N3O6S. The molecule has 6 rings (SSSR count). The van der Waals surface area contributed by atoms with Crippen LogP contribution < -0.4 is 19.5 Å². The molecule has 2 aliphatic rings. The first-order valence-corrected chi connectivity index (χ1v) is 14.0. The molecule has 9 nitrogen and oxygen atoms in total. The molecule has 1 aliphatic carbocycles. The summed E-state index contributed by atoms with van der Waals surface area (Å²) < 4.78 is 18.7. The van der Waals surface area contributed by atoms with E-state index in [0.29, 0.717) is 52.9 Å². The highest BCUT2D eigenvalue weighted by Gasteiger charge is 2.43. The lowest BCUT2D eigenvalue weighted by molar-refractivity contribution is -0.116. The lowest BCUT2D eigenvalue weighted by atomic mass is 9.73. The van der Waals surface area contributed by atoms with Crippen LogP contribution in [0.5, 0.6) is 17.2 Å². The van der Waals surface area contributed by atoms with Crippen molar-refractivity contribution in [1.82, 2.24) is 9.78 Å². The van der Waals surface area contributed by atoms with Crippen molar-refractivity contribution in [3.05, 3.63) is 92.4 Å². The number of Topliss-reactive ketones (excluding diaryl/α,β-unsaturated/α-hetero) is 1. The Hall–Kier alpha value is -4.57. The summed E-state index contributed by atoms with van der Waals surface area (Å²) >= 11 is 1.64. The molecular weight excluding hydrogens is 542 g/mol. The highest BCUT2D eigenvalue weighted by Crippen LogP contribution is 2.53. The maximum atomic E-state index is 14.0. The maximum absolute atomic E-state index is 14.0. The highest BCUT2D eigenvalue weighted by molar-refractivity contribution is 7.10. The minimum Gasteiger partial charge on any atom is -0.496 e. The van der Waals surface area contributed by atoms with E-state index in [9.17, 15) is 14.7 Å². The van der Waals surface area contributed by atoms with Gasteiger partial charge in [-0.25, -0.2) is 9.48 Å². The van der Waals surface area contributed by atoms with Crippen LogP contribution in [0.2, 0.25) is 0 Å². The second-order valence-corrected chi connectivity index (χ2v) is 11.0. The zero-order valence-electron chi connectivity index (χ0n) is 23.1. The standard InChI is InChI=1S/C31H29N3O6S/c1-16-27-28(19-14-24(39-3)25(40-4)15-23(19)38-2)29-20(12-17(13-22(29)35)26-10-7-11-41-26)32-30(27)34(33-16)21-9-6-5-8-18(21)31(36)37/h5-11,14-15,17,28,32H,12-13H2,1-4H3,(H,36,37)/t17-,28+/m0/s1. The largest absolute Gasteiger partial charge is 0.496 e. The summed E-state index contributed by atoms with van der Waals surface area (Å²) in [6.45, 7) is 1.87. The number of carboxylic acids is 1. The number of para-hydroxylation sites is 1. The average Bonchev–Trinajstić information content (AvgIpc) is 3.64. The third-order valence-electron chi connectivity index (χ3n) is 7.82. The number of anilines is 1. The van der Waals surface area contributed by atoms with Gasteiger partial charge in [-0.2, -0.15) is 5.10 Å². The molecule has 41 heavy (non-hydrogen) atoms. The second-order valence-electron chi connectivity index (χ2n) is 10.0. The fraction of sp³-hybridized carbons (Fsp3) is 0.258. The van der Waals surface area contributed by atoms with E-state index in [0.717, 1.165) is 21.7 Å². The van der Waals surface area contributed by atoms with Crippen LogP contribution in [0.1, 0.15) is 56.7 Å². The number of rotatable bonds is 7. The Kier molecular flexibility index (Phi) is 6.78. The van der Waals surface area contributed by atoms with Crippen LogP contribution in [0.25, 0.3) is 5.69 Å². The number of carbonyl (C=O) groups is 2. The Morgan fingerprint density at radius 3 is 2.44 bits per heavy atom. The molecule has 0 saturated carbocycles. The Morgan fingerprint density at radius 2 is 1.76 bits per heavy atom. The molecule has 0 amide bonds. The van der Waals surface area contributed by atoms with E-state index in [-0.39, 0.29) is 17.3 Å². The number of benzene rings is 2. The summed E-state index contributed by atoms with van der Waals surface area (Å²) in [5.74, 6) is 0.670. The number of hydrogen-bond donors (Lipinski definition) is 2. The third kappa shape index (κ3) is 4.35. The van der Waals surface area contributed by atoms with E-state index >= 15 is 0 Å². The van der Waals surface area contributed by atoms with Gasteiger partial charge in [0, 0.05) is 51.6 Å². The van der Waals surface area contributed by atoms with Crippen molar-refractivity contribution in [2.75, 3.05) is 26.6 Å². The van der Waals surface area contributed by atoms with E-state index in [4.69, 9.17) is 19.3 Å². The van der Waals surface area contributed by atoms with Crippen LogP contribution in [0, 0.1) is 6.92 Å². The van der Waals surface area contributed by atoms with Gasteiger partial charge in [0.15, 0.2) is 17.3 Å². The fourth-order valence-electron chi connectivity index (χ4n) is 6.00. The van der Waals surface area contributed by atoms with Gasteiger partial charge < -0.3 is 24.6 Å². The molecule has 210 valence electrons. The van der Waals surface area contributed by atoms with E-state index in [1.165, 1.54) is 0 Å². The van der Waals surface area contributed by atoms with Gasteiger partial charge in [0.2, 0.25) is 0 Å². The molecule has 10 heteroatoms. The molecule has 2 aromatic heterocycles. The SMILES string of the molecule is COc1cc(OC)c([C@H]2C3=C(C[C@H](c4cccs4)CC3=O)Nc3c2c(C)nn3-c2ccccc2C(=O)O)cc1OC. The molecule has 1 aliphatic heterocycles. The van der Waals surface area contributed by atoms with Crippen molar-refractivity contribution in [2.24, 2.45) is 0 Å². The molecule has 0 radical (unpaired) electrons. The van der Waals surface area contributed by atoms with Gasteiger partial charge in [-0.3, -0.25) is 4.79 Å². The highest BCUT2D eigenvalue weighted by atomic mass is 32.1. The summed E-state index contributed by atoms with van der Waals surface area (Å²) in [4.78, 5) is 27.4. The Labute approximate surface area is 241 Å². The summed E-state index contributed by atoms with van der Waals surface area (Å²) in [7, 11) is 4.71. The number of hydrogen-bond acceptors (Lipinski definition) is 8. The molecule has 0 spiro atoms. The smallest absolute Gasteiger partial charge is 0.337 e. The number of nitrogens with one attached hydrogen (secondary N) is 1. The minimum atomic E-state index is -1.05. The molecule has 2 aromatic carbocycles. The van der Waals surface area contributed by atoms with Crippen molar-refractivity contribution < 1.29 is 28.9 Å². The van der Waals surface area contributed by atoms with Crippen LogP contribution in [0.3, 0.4) is 0 Å². The Bertz CT molecular complexity index is 1700. The van der Waals surface area contributed by atoms with Crippen LogP contribution in [-0.4, -0.2) is 48.0 Å². The molecule has 2 atom stereocenters. The molecule has 0 saturated heterocycles. The molecule has 0 fully saturated rings. The normalized spacial score (nSPS) is 17.9. The van der Waals surface area contributed by atoms with Gasteiger partial charge in [0.25, 0.3) is 0 Å². The second kappa shape index (κ2) is 10.4. The lowest BCUT2D eigenvalue weighted by Gasteiger charge is -2.36. The molecule has 0 unspecified atom stereocenters. The van der Waals surface area contributed by atoms with Crippen LogP contribution in [-0.2, 0) is 4.79 Å². The number of allylic oxidation sites excluding steroid dienone is 2. The first-order valence-electron chi connectivity index (χ1n) is 13.1. The Balaban J connectivity index is 1.62. The van der Waals surface area contributed by atoms with Gasteiger partial charge >= 0.3 is 5.97 Å². The third-order valence-corrected chi connectivity index (χ3v) is 8.85. The summed E-state index contributed by atoms with van der Waals surface area (Å²) in [5.41, 5.74) is 4.17. The van der Waals surface area contributed by atoms with Crippen molar-refractivity contribution >= 4 is 28.9 Å².